The number of primary amides is 1. The first-order chi connectivity index (χ1) is 20.0. The van der Waals surface area contributed by atoms with Crippen molar-refractivity contribution in [2.75, 3.05) is 13.7 Å². The van der Waals surface area contributed by atoms with E-state index in [-0.39, 0.29) is 25.0 Å². The molecule has 5 atom stereocenters. The van der Waals surface area contributed by atoms with Gasteiger partial charge in [-0.25, -0.2) is 9.59 Å². The summed E-state index contributed by atoms with van der Waals surface area (Å²) in [5.41, 5.74) is 5.01. The number of ketones is 1. The Balaban J connectivity index is 2.14. The Kier molecular flexibility index (Phi) is 12.1. The number of nitrogens with two attached hydrogens (primary N) is 1. The number of hydrogen-bond acceptors (Lipinski definition) is 8. The van der Waals surface area contributed by atoms with Crippen molar-refractivity contribution in [3.05, 3.63) is 29.8 Å². The minimum absolute atomic E-state index is 0.00129. The van der Waals surface area contributed by atoms with Gasteiger partial charge in [0.2, 0.25) is 17.6 Å². The van der Waals surface area contributed by atoms with E-state index in [9.17, 15) is 28.8 Å². The zero-order valence-corrected chi connectivity index (χ0v) is 26.2. The Bertz CT molecular complexity index is 1190. The molecule has 238 valence electrons. The predicted molar refractivity (Wildman–Crippen MR) is 157 cm³/mol. The van der Waals surface area contributed by atoms with Crippen LogP contribution in [0.5, 0.6) is 5.75 Å². The van der Waals surface area contributed by atoms with E-state index in [1.54, 1.807) is 72.9 Å². The molecular weight excluding hydrogens is 558 g/mol. The number of urea groups is 1. The van der Waals surface area contributed by atoms with E-state index < -0.39 is 65.1 Å². The van der Waals surface area contributed by atoms with Gasteiger partial charge in [0.05, 0.1) is 13.2 Å². The molecule has 0 spiro atoms. The van der Waals surface area contributed by atoms with Gasteiger partial charge in [-0.2, -0.15) is 0 Å². The first-order valence-corrected chi connectivity index (χ1v) is 14.3. The maximum atomic E-state index is 13.8. The molecular formula is C30H45N5O8. The molecule has 0 bridgehead atoms. The average Bonchev–Trinajstić information content (AvgIpc) is 3.33. The molecule has 5 amide bonds. The Labute approximate surface area is 252 Å². The van der Waals surface area contributed by atoms with Gasteiger partial charge in [-0.05, 0) is 48.3 Å². The Morgan fingerprint density at radius 1 is 1.00 bits per heavy atom. The fourth-order valence-electron chi connectivity index (χ4n) is 4.76. The maximum Gasteiger partial charge on any atom is 0.329 e. The van der Waals surface area contributed by atoms with Gasteiger partial charge < -0.3 is 36.1 Å². The van der Waals surface area contributed by atoms with E-state index in [4.69, 9.17) is 15.2 Å². The van der Waals surface area contributed by atoms with E-state index in [2.05, 4.69) is 16.0 Å². The second-order valence-electron chi connectivity index (χ2n) is 12.3. The van der Waals surface area contributed by atoms with Crippen molar-refractivity contribution in [2.24, 2.45) is 23.0 Å². The highest BCUT2D eigenvalue weighted by atomic mass is 16.5. The molecule has 13 nitrogen and oxygen atoms in total. The summed E-state index contributed by atoms with van der Waals surface area (Å²) in [6.07, 6.45) is 0.514. The fourth-order valence-corrected chi connectivity index (χ4v) is 4.76. The summed E-state index contributed by atoms with van der Waals surface area (Å²) in [6, 6.07) is 2.12. The lowest BCUT2D eigenvalue weighted by molar-refractivity contribution is -0.148. The minimum Gasteiger partial charge on any atom is -0.497 e. The van der Waals surface area contributed by atoms with Gasteiger partial charge in [-0.1, -0.05) is 53.7 Å². The van der Waals surface area contributed by atoms with Crippen molar-refractivity contribution in [3.8, 4) is 5.75 Å². The highest BCUT2D eigenvalue weighted by Crippen LogP contribution is 2.29. The van der Waals surface area contributed by atoms with Crippen LogP contribution in [0, 0.1) is 17.3 Å². The lowest BCUT2D eigenvalue weighted by Crippen LogP contribution is -2.61. The largest absolute Gasteiger partial charge is 0.497 e. The quantitative estimate of drug-likeness (QED) is 0.203. The molecule has 43 heavy (non-hydrogen) atoms. The van der Waals surface area contributed by atoms with Gasteiger partial charge in [0, 0.05) is 6.54 Å². The monoisotopic (exact) mass is 603 g/mol. The van der Waals surface area contributed by atoms with Crippen LogP contribution in [-0.2, 0) is 35.3 Å². The van der Waals surface area contributed by atoms with Crippen LogP contribution in [0.25, 0.3) is 0 Å². The summed E-state index contributed by atoms with van der Waals surface area (Å²) >= 11 is 0. The first-order valence-electron chi connectivity index (χ1n) is 14.3. The van der Waals surface area contributed by atoms with Gasteiger partial charge in [0.1, 0.15) is 30.5 Å². The molecule has 13 heteroatoms. The lowest BCUT2D eigenvalue weighted by atomic mass is 9.85. The zero-order valence-electron chi connectivity index (χ0n) is 26.2. The molecule has 1 fully saturated rings. The molecule has 0 aromatic heterocycles. The van der Waals surface area contributed by atoms with E-state index in [0.717, 1.165) is 5.56 Å². The lowest BCUT2D eigenvalue weighted by Gasteiger charge is -2.36. The van der Waals surface area contributed by atoms with Crippen LogP contribution >= 0.6 is 0 Å². The molecule has 0 saturated carbocycles. The van der Waals surface area contributed by atoms with Crippen LogP contribution in [0.2, 0.25) is 0 Å². The third-order valence-electron chi connectivity index (χ3n) is 7.38. The number of rotatable bonds is 12. The second-order valence-corrected chi connectivity index (χ2v) is 12.3. The van der Waals surface area contributed by atoms with Crippen molar-refractivity contribution >= 4 is 35.5 Å². The van der Waals surface area contributed by atoms with Crippen LogP contribution < -0.4 is 26.4 Å². The highest BCUT2D eigenvalue weighted by molar-refractivity contribution is 6.37. The molecule has 5 N–H and O–H groups in total. The van der Waals surface area contributed by atoms with Gasteiger partial charge in [0.25, 0.3) is 5.91 Å². The predicted octanol–water partition coefficient (Wildman–Crippen LogP) is 1.27. The number of benzene rings is 1. The van der Waals surface area contributed by atoms with Crippen molar-refractivity contribution in [1.82, 2.24) is 20.9 Å². The van der Waals surface area contributed by atoms with Crippen LogP contribution in [0.4, 0.5) is 4.79 Å². The van der Waals surface area contributed by atoms with Crippen LogP contribution in [0.1, 0.15) is 60.5 Å². The number of hydrogen-bond donors (Lipinski definition) is 4. The molecule has 1 saturated heterocycles. The van der Waals surface area contributed by atoms with E-state index in [0.29, 0.717) is 12.2 Å². The number of Topliss-reactive ketones (excluding diaryl/α,β-unsaturated/α-hetero) is 1. The number of likely N-dealkylation sites (tertiary alicyclic amines) is 1. The van der Waals surface area contributed by atoms with Crippen LogP contribution in [0.3, 0.4) is 0 Å². The van der Waals surface area contributed by atoms with Gasteiger partial charge in [-0.15, -0.1) is 0 Å². The molecule has 0 radical (unpaired) electrons. The Morgan fingerprint density at radius 2 is 1.60 bits per heavy atom. The number of esters is 1. The summed E-state index contributed by atoms with van der Waals surface area (Å²) in [4.78, 5) is 77.6. The van der Waals surface area contributed by atoms with E-state index in [1.807, 2.05) is 0 Å². The number of nitrogens with one attached hydrogen (secondary N) is 3. The molecule has 1 aliphatic rings. The second kappa shape index (κ2) is 14.8. The molecule has 0 aliphatic carbocycles. The van der Waals surface area contributed by atoms with Crippen LogP contribution in [-0.4, -0.2) is 78.2 Å². The van der Waals surface area contributed by atoms with E-state index in [1.165, 1.54) is 11.8 Å². The molecule has 5 unspecified atom stereocenters. The van der Waals surface area contributed by atoms with Crippen molar-refractivity contribution in [1.29, 1.82) is 0 Å². The molecule has 1 aromatic rings. The summed E-state index contributed by atoms with van der Waals surface area (Å²) in [5.74, 6) is -3.77. The third-order valence-corrected chi connectivity index (χ3v) is 7.38. The summed E-state index contributed by atoms with van der Waals surface area (Å²) in [7, 11) is 1.55. The fraction of sp³-hybridized carbons (Fsp3) is 0.600. The molecule has 1 aromatic carbocycles. The normalized spacial score (nSPS) is 18.7. The SMILES string of the molecule is COc1ccc(COC(=O)C(NC(=O)NC(C(=O)N2CCC(C)C2C(=O)NC(C)C(=O)C(N)=O)C(C)(C)C)C(C)C)cc1. The molecule has 1 heterocycles. The first kappa shape index (κ1) is 35.0. The Morgan fingerprint density at radius 3 is 2.12 bits per heavy atom. The smallest absolute Gasteiger partial charge is 0.329 e. The van der Waals surface area contributed by atoms with E-state index >= 15 is 0 Å². The summed E-state index contributed by atoms with van der Waals surface area (Å²) < 4.78 is 10.6. The summed E-state index contributed by atoms with van der Waals surface area (Å²) in [6.45, 7) is 12.2. The number of methoxy groups -OCH3 is 1. The van der Waals surface area contributed by atoms with Crippen LogP contribution in [0.15, 0.2) is 24.3 Å². The third kappa shape index (κ3) is 9.42. The Hall–Kier alpha value is -4.16. The van der Waals surface area contributed by atoms with Gasteiger partial charge in [0.15, 0.2) is 0 Å². The van der Waals surface area contributed by atoms with Gasteiger partial charge in [-0.3, -0.25) is 19.2 Å². The number of amides is 5. The standard InChI is InChI=1S/C30H45N5O8/c1-16(2)21(28(40)43-15-19-9-11-20(42-8)12-10-19)33-29(41)34-24(30(5,6)7)27(39)35-14-13-17(3)22(35)26(38)32-18(4)23(36)25(31)37/h9-12,16-18,21-22,24H,13-15H2,1-8H3,(H2,31,37)(H,32,38)(H2,33,34,41). The van der Waals surface area contributed by atoms with Crippen molar-refractivity contribution in [3.63, 3.8) is 0 Å². The topological polar surface area (TPSA) is 186 Å². The average molecular weight is 604 g/mol. The molecule has 2 rings (SSSR count). The summed E-state index contributed by atoms with van der Waals surface area (Å²) in [5, 5.41) is 7.81. The number of carbonyl (C=O) groups excluding carboxylic acids is 6. The maximum absolute atomic E-state index is 13.8. The number of ether oxygens (including phenoxy) is 2. The molecule has 1 aliphatic heterocycles. The highest BCUT2D eigenvalue weighted by Gasteiger charge is 2.45. The van der Waals surface area contributed by atoms with Gasteiger partial charge >= 0.3 is 12.0 Å². The zero-order chi connectivity index (χ0) is 32.6. The van der Waals surface area contributed by atoms with Crippen molar-refractivity contribution in [2.45, 2.75) is 85.7 Å². The number of carbonyl (C=O) groups is 6. The van der Waals surface area contributed by atoms with Crippen molar-refractivity contribution < 1.29 is 38.2 Å². The number of nitrogens with zero attached hydrogens (tertiary/aromatic N) is 1. The minimum atomic E-state index is -1.17.